The summed E-state index contributed by atoms with van der Waals surface area (Å²) in [6.45, 7) is 0. The Kier molecular flexibility index (Phi) is 4.20. The molecule has 0 aliphatic carbocycles. The van der Waals surface area contributed by atoms with Crippen LogP contribution in [-0.4, -0.2) is 29.4 Å². The van der Waals surface area contributed by atoms with Gasteiger partial charge in [-0.3, -0.25) is 9.59 Å². The number of rotatable bonds is 5. The highest BCUT2D eigenvalue weighted by Crippen LogP contribution is 2.05. The van der Waals surface area contributed by atoms with Crippen molar-refractivity contribution in [2.75, 3.05) is 0 Å². The van der Waals surface area contributed by atoms with E-state index in [9.17, 15) is 14.4 Å². The fourth-order valence-electron chi connectivity index (χ4n) is 1.07. The summed E-state index contributed by atoms with van der Waals surface area (Å²) in [4.78, 5) is 32.2. The van der Waals surface area contributed by atoms with Gasteiger partial charge in [-0.05, 0) is 12.1 Å². The second-order valence-corrected chi connectivity index (χ2v) is 3.04. The molecule has 5 nitrogen and oxygen atoms in total. The van der Waals surface area contributed by atoms with Gasteiger partial charge in [0.2, 0.25) is 0 Å². The van der Waals surface area contributed by atoms with Gasteiger partial charge >= 0.3 is 11.9 Å². The number of hydrogen-bond donors (Lipinski definition) is 1. The largest absolute Gasteiger partial charge is 0.481 e. The Morgan fingerprint density at radius 1 is 1.31 bits per heavy atom. The Balaban J connectivity index is 2.62. The van der Waals surface area contributed by atoms with Gasteiger partial charge < -0.3 is 9.84 Å². The van der Waals surface area contributed by atoms with Gasteiger partial charge in [-0.2, -0.15) is 0 Å². The van der Waals surface area contributed by atoms with Crippen molar-refractivity contribution in [3.05, 3.63) is 35.9 Å². The summed E-state index contributed by atoms with van der Waals surface area (Å²) in [5.74, 6) is -1.91. The smallest absolute Gasteiger partial charge is 0.338 e. The third-order valence-electron chi connectivity index (χ3n) is 1.80. The Labute approximate surface area is 91.6 Å². The van der Waals surface area contributed by atoms with Crippen LogP contribution in [0.5, 0.6) is 0 Å². The summed E-state index contributed by atoms with van der Waals surface area (Å²) in [5.41, 5.74) is 0.278. The number of esters is 1. The number of ether oxygens (including phenoxy) is 1. The molecule has 0 aliphatic rings. The molecular formula is C11H10O5. The first-order valence-electron chi connectivity index (χ1n) is 4.56. The topological polar surface area (TPSA) is 80.7 Å². The highest BCUT2D eigenvalue weighted by molar-refractivity contribution is 5.90. The van der Waals surface area contributed by atoms with Crippen LogP contribution in [0, 0.1) is 0 Å². The lowest BCUT2D eigenvalue weighted by molar-refractivity contribution is -0.141. The molecule has 0 amide bonds. The molecule has 16 heavy (non-hydrogen) atoms. The Bertz CT molecular complexity index is 385. The number of carboxylic acids is 1. The van der Waals surface area contributed by atoms with E-state index in [0.29, 0.717) is 6.29 Å². The number of hydrogen-bond acceptors (Lipinski definition) is 4. The van der Waals surface area contributed by atoms with E-state index >= 15 is 0 Å². The van der Waals surface area contributed by atoms with Crippen molar-refractivity contribution in [3.63, 3.8) is 0 Å². The molecule has 0 fully saturated rings. The molecule has 0 spiro atoms. The predicted octanol–water partition coefficient (Wildman–Crippen LogP) is 0.886. The standard InChI is InChI=1S/C11H10O5/c12-7-9(6-10(13)14)16-11(15)8-4-2-1-3-5-8/h1-5,7,9H,6H2,(H,13,14)/t9-/m1/s1. The van der Waals surface area contributed by atoms with Gasteiger partial charge in [-0.25, -0.2) is 4.79 Å². The lowest BCUT2D eigenvalue weighted by Crippen LogP contribution is -2.22. The monoisotopic (exact) mass is 222 g/mol. The van der Waals surface area contributed by atoms with E-state index < -0.39 is 24.5 Å². The van der Waals surface area contributed by atoms with Gasteiger partial charge in [0.05, 0.1) is 12.0 Å². The third-order valence-corrected chi connectivity index (χ3v) is 1.80. The summed E-state index contributed by atoms with van der Waals surface area (Å²) in [5, 5.41) is 8.45. The summed E-state index contributed by atoms with van der Waals surface area (Å²) in [6, 6.07) is 8.05. The summed E-state index contributed by atoms with van der Waals surface area (Å²) >= 11 is 0. The molecule has 0 saturated heterocycles. The van der Waals surface area contributed by atoms with E-state index in [1.807, 2.05) is 0 Å². The molecule has 1 atom stereocenters. The van der Waals surface area contributed by atoms with Crippen LogP contribution in [0.4, 0.5) is 0 Å². The minimum atomic E-state index is -1.25. The molecule has 1 aromatic carbocycles. The maximum absolute atomic E-state index is 11.4. The molecule has 0 heterocycles. The van der Waals surface area contributed by atoms with Crippen molar-refractivity contribution in [2.24, 2.45) is 0 Å². The molecule has 0 radical (unpaired) electrons. The molecule has 1 aromatic rings. The van der Waals surface area contributed by atoms with Crippen molar-refractivity contribution in [1.82, 2.24) is 0 Å². The van der Waals surface area contributed by atoms with E-state index in [2.05, 4.69) is 0 Å². The highest BCUT2D eigenvalue weighted by Gasteiger charge is 2.17. The van der Waals surface area contributed by atoms with Crippen LogP contribution in [0.3, 0.4) is 0 Å². The average molecular weight is 222 g/mol. The number of carboxylic acid groups (broad SMARTS) is 1. The molecule has 0 bridgehead atoms. The van der Waals surface area contributed by atoms with Crippen LogP contribution in [0.1, 0.15) is 16.8 Å². The number of carbonyl (C=O) groups is 3. The predicted molar refractivity (Wildman–Crippen MR) is 54.0 cm³/mol. The van der Waals surface area contributed by atoms with Gasteiger partial charge in [-0.15, -0.1) is 0 Å². The van der Waals surface area contributed by atoms with Crippen LogP contribution in [-0.2, 0) is 14.3 Å². The summed E-state index contributed by atoms with van der Waals surface area (Å²) < 4.78 is 4.71. The van der Waals surface area contributed by atoms with E-state index in [-0.39, 0.29) is 5.56 Å². The molecule has 1 rings (SSSR count). The minimum absolute atomic E-state index is 0.278. The first-order chi connectivity index (χ1) is 7.63. The molecule has 0 unspecified atom stereocenters. The van der Waals surface area contributed by atoms with Crippen molar-refractivity contribution < 1.29 is 24.2 Å². The quantitative estimate of drug-likeness (QED) is 0.591. The highest BCUT2D eigenvalue weighted by atomic mass is 16.5. The zero-order chi connectivity index (χ0) is 12.0. The maximum atomic E-state index is 11.4. The van der Waals surface area contributed by atoms with Crippen LogP contribution in [0.2, 0.25) is 0 Å². The molecule has 84 valence electrons. The Morgan fingerprint density at radius 3 is 2.44 bits per heavy atom. The first kappa shape index (κ1) is 11.9. The second kappa shape index (κ2) is 5.65. The van der Waals surface area contributed by atoms with Crippen LogP contribution < -0.4 is 0 Å². The van der Waals surface area contributed by atoms with E-state index in [1.54, 1.807) is 18.2 Å². The van der Waals surface area contributed by atoms with Crippen molar-refractivity contribution in [1.29, 1.82) is 0 Å². The van der Waals surface area contributed by atoms with Gasteiger partial charge in [0.1, 0.15) is 0 Å². The van der Waals surface area contributed by atoms with Crippen LogP contribution in [0.15, 0.2) is 30.3 Å². The minimum Gasteiger partial charge on any atom is -0.481 e. The van der Waals surface area contributed by atoms with Crippen molar-refractivity contribution in [3.8, 4) is 0 Å². The fraction of sp³-hybridized carbons (Fsp3) is 0.182. The van der Waals surface area contributed by atoms with E-state index in [0.717, 1.165) is 0 Å². The summed E-state index contributed by atoms with van der Waals surface area (Å²) in [6.07, 6.45) is -1.47. The third kappa shape index (κ3) is 3.53. The van der Waals surface area contributed by atoms with E-state index in [1.165, 1.54) is 12.1 Å². The normalized spacial score (nSPS) is 11.5. The Morgan fingerprint density at radius 2 is 1.94 bits per heavy atom. The lowest BCUT2D eigenvalue weighted by atomic mass is 10.2. The van der Waals surface area contributed by atoms with Gasteiger partial charge in [0.25, 0.3) is 0 Å². The van der Waals surface area contributed by atoms with Crippen LogP contribution in [0.25, 0.3) is 0 Å². The zero-order valence-electron chi connectivity index (χ0n) is 8.33. The first-order valence-corrected chi connectivity index (χ1v) is 4.56. The van der Waals surface area contributed by atoms with Crippen molar-refractivity contribution in [2.45, 2.75) is 12.5 Å². The molecule has 1 N–H and O–H groups in total. The molecule has 0 aromatic heterocycles. The number of benzene rings is 1. The van der Waals surface area contributed by atoms with E-state index in [4.69, 9.17) is 9.84 Å². The number of aldehydes is 1. The van der Waals surface area contributed by atoms with Crippen molar-refractivity contribution >= 4 is 18.2 Å². The zero-order valence-corrected chi connectivity index (χ0v) is 8.33. The van der Waals surface area contributed by atoms with Gasteiger partial charge in [0, 0.05) is 0 Å². The number of aliphatic carboxylic acids is 1. The Hall–Kier alpha value is -2.17. The SMILES string of the molecule is O=C[C@@H](CC(=O)O)OC(=O)c1ccccc1. The average Bonchev–Trinajstić information content (AvgIpc) is 2.28. The maximum Gasteiger partial charge on any atom is 0.338 e. The summed E-state index contributed by atoms with van der Waals surface area (Å²) in [7, 11) is 0. The molecular weight excluding hydrogens is 212 g/mol. The number of carbonyl (C=O) groups excluding carboxylic acids is 2. The van der Waals surface area contributed by atoms with Gasteiger partial charge in [-0.1, -0.05) is 18.2 Å². The molecule has 0 saturated carbocycles. The second-order valence-electron chi connectivity index (χ2n) is 3.04. The molecule has 0 aliphatic heterocycles. The molecule has 5 heteroatoms. The lowest BCUT2D eigenvalue weighted by Gasteiger charge is -2.09. The van der Waals surface area contributed by atoms with Gasteiger partial charge in [0.15, 0.2) is 12.4 Å². The van der Waals surface area contributed by atoms with Crippen LogP contribution >= 0.6 is 0 Å². The fourth-order valence-corrected chi connectivity index (χ4v) is 1.07.